The number of halogens is 1. The van der Waals surface area contributed by atoms with E-state index in [1.54, 1.807) is 12.1 Å². The van der Waals surface area contributed by atoms with Crippen LogP contribution in [-0.4, -0.2) is 26.2 Å². The molecule has 0 saturated heterocycles. The molecule has 0 saturated carbocycles. The molecular weight excluding hydrogens is 355 g/mol. The molecule has 0 bridgehead atoms. The van der Waals surface area contributed by atoms with Crippen LogP contribution in [0.25, 0.3) is 5.69 Å². The number of rotatable bonds is 6. The van der Waals surface area contributed by atoms with E-state index < -0.39 is 5.25 Å². The fourth-order valence-electron chi connectivity index (χ4n) is 2.63. The van der Waals surface area contributed by atoms with E-state index >= 15 is 0 Å². The number of aromatic nitrogens is 3. The van der Waals surface area contributed by atoms with Crippen molar-refractivity contribution in [1.82, 2.24) is 14.8 Å². The quantitative estimate of drug-likeness (QED) is 0.369. The molecular formula is C18H17FN4O2S. The van der Waals surface area contributed by atoms with Crippen LogP contribution in [0, 0.1) is 29.8 Å². The monoisotopic (exact) mass is 372 g/mol. The molecule has 1 heterocycles. The summed E-state index contributed by atoms with van der Waals surface area (Å²) in [4.78, 5) is 10.7. The van der Waals surface area contributed by atoms with Gasteiger partial charge in [0.15, 0.2) is 5.16 Å². The lowest BCUT2D eigenvalue weighted by Crippen LogP contribution is -2.11. The summed E-state index contributed by atoms with van der Waals surface area (Å²) in [7, 11) is 0. The van der Waals surface area contributed by atoms with Gasteiger partial charge in [0.1, 0.15) is 16.9 Å². The lowest BCUT2D eigenvalue weighted by atomic mass is 10.1. The average Bonchev–Trinajstić information content (AvgIpc) is 2.95. The van der Waals surface area contributed by atoms with Gasteiger partial charge in [0, 0.05) is 10.6 Å². The third-order valence-electron chi connectivity index (χ3n) is 3.86. The van der Waals surface area contributed by atoms with Gasteiger partial charge < -0.3 is 0 Å². The molecule has 0 aliphatic carbocycles. The van der Waals surface area contributed by atoms with Crippen LogP contribution in [0.15, 0.2) is 53.7 Å². The van der Waals surface area contributed by atoms with Crippen LogP contribution in [0.4, 0.5) is 4.39 Å². The Labute approximate surface area is 154 Å². The Morgan fingerprint density at radius 2 is 1.92 bits per heavy atom. The van der Waals surface area contributed by atoms with E-state index in [2.05, 4.69) is 10.2 Å². The van der Waals surface area contributed by atoms with Crippen LogP contribution in [0.2, 0.25) is 0 Å². The summed E-state index contributed by atoms with van der Waals surface area (Å²) in [6.07, 6.45) is 0. The lowest BCUT2D eigenvalue weighted by Gasteiger charge is -2.14. The van der Waals surface area contributed by atoms with Gasteiger partial charge in [-0.25, -0.2) is 4.39 Å². The van der Waals surface area contributed by atoms with E-state index in [9.17, 15) is 14.5 Å². The Kier molecular flexibility index (Phi) is 5.32. The van der Waals surface area contributed by atoms with Crippen molar-refractivity contribution in [3.63, 3.8) is 0 Å². The number of aryl methyl sites for hydroxylation is 2. The maximum Gasteiger partial charge on any atom is 0.220 e. The largest absolute Gasteiger partial charge is 0.274 e. The van der Waals surface area contributed by atoms with Crippen molar-refractivity contribution in [3.05, 3.63) is 81.4 Å². The predicted molar refractivity (Wildman–Crippen MR) is 97.7 cm³/mol. The second kappa shape index (κ2) is 7.65. The predicted octanol–water partition coefficient (Wildman–Crippen LogP) is 4.13. The van der Waals surface area contributed by atoms with Crippen molar-refractivity contribution in [3.8, 4) is 5.69 Å². The van der Waals surface area contributed by atoms with Gasteiger partial charge in [-0.2, -0.15) is 0 Å². The zero-order chi connectivity index (χ0) is 18.7. The zero-order valence-corrected chi connectivity index (χ0v) is 15.1. The van der Waals surface area contributed by atoms with E-state index in [0.29, 0.717) is 16.5 Å². The SMILES string of the molecule is Cc1cccc(-n2c(C)nnc2S[C@H](C[N+](=O)[O-])c2ccc(F)cc2)c1. The Morgan fingerprint density at radius 3 is 2.58 bits per heavy atom. The topological polar surface area (TPSA) is 73.8 Å². The molecule has 0 spiro atoms. The minimum atomic E-state index is -0.502. The summed E-state index contributed by atoms with van der Waals surface area (Å²) in [6, 6.07) is 13.6. The van der Waals surface area contributed by atoms with Gasteiger partial charge in [0.05, 0.1) is 0 Å². The molecule has 0 aliphatic rings. The highest BCUT2D eigenvalue weighted by molar-refractivity contribution is 7.99. The Morgan fingerprint density at radius 1 is 1.19 bits per heavy atom. The molecule has 6 nitrogen and oxygen atoms in total. The van der Waals surface area contributed by atoms with E-state index in [4.69, 9.17) is 0 Å². The van der Waals surface area contributed by atoms with E-state index in [1.807, 2.05) is 42.7 Å². The fourth-order valence-corrected chi connectivity index (χ4v) is 3.81. The average molecular weight is 372 g/mol. The molecule has 0 amide bonds. The van der Waals surface area contributed by atoms with Crippen LogP contribution in [0.5, 0.6) is 0 Å². The number of benzene rings is 2. The summed E-state index contributed by atoms with van der Waals surface area (Å²) in [5, 5.41) is 19.5. The van der Waals surface area contributed by atoms with Crippen molar-refractivity contribution in [1.29, 1.82) is 0 Å². The maximum absolute atomic E-state index is 13.2. The van der Waals surface area contributed by atoms with Crippen LogP contribution < -0.4 is 0 Å². The van der Waals surface area contributed by atoms with E-state index in [-0.39, 0.29) is 17.3 Å². The van der Waals surface area contributed by atoms with Crippen molar-refractivity contribution in [2.45, 2.75) is 24.3 Å². The van der Waals surface area contributed by atoms with Gasteiger partial charge in [0.2, 0.25) is 6.54 Å². The zero-order valence-electron chi connectivity index (χ0n) is 14.3. The first-order chi connectivity index (χ1) is 12.4. The van der Waals surface area contributed by atoms with Gasteiger partial charge in [0.25, 0.3) is 0 Å². The normalized spacial score (nSPS) is 12.1. The highest BCUT2D eigenvalue weighted by atomic mass is 32.2. The number of hydrogen-bond acceptors (Lipinski definition) is 5. The molecule has 3 aromatic rings. The molecule has 1 atom stereocenters. The maximum atomic E-state index is 13.2. The molecule has 0 radical (unpaired) electrons. The second-order valence-corrected chi connectivity index (χ2v) is 7.05. The molecule has 2 aromatic carbocycles. The smallest absolute Gasteiger partial charge is 0.220 e. The molecule has 0 unspecified atom stereocenters. The number of nitro groups is 1. The van der Waals surface area contributed by atoms with Crippen LogP contribution >= 0.6 is 11.8 Å². The molecule has 0 fully saturated rings. The minimum absolute atomic E-state index is 0.296. The van der Waals surface area contributed by atoms with Crippen molar-refractivity contribution in [2.24, 2.45) is 0 Å². The van der Waals surface area contributed by atoms with Crippen molar-refractivity contribution in [2.75, 3.05) is 6.54 Å². The summed E-state index contributed by atoms with van der Waals surface area (Å²) in [5.41, 5.74) is 2.66. The number of thioether (sulfide) groups is 1. The second-order valence-electron chi connectivity index (χ2n) is 5.88. The van der Waals surface area contributed by atoms with Crippen LogP contribution in [0.1, 0.15) is 22.2 Å². The Hall–Kier alpha value is -2.74. The summed E-state index contributed by atoms with van der Waals surface area (Å²) >= 11 is 1.25. The number of nitrogens with zero attached hydrogens (tertiary/aromatic N) is 4. The van der Waals surface area contributed by atoms with Gasteiger partial charge >= 0.3 is 0 Å². The molecule has 1 aromatic heterocycles. The first-order valence-corrected chi connectivity index (χ1v) is 8.85. The van der Waals surface area contributed by atoms with Gasteiger partial charge in [-0.15, -0.1) is 10.2 Å². The lowest BCUT2D eigenvalue weighted by molar-refractivity contribution is -0.479. The molecule has 26 heavy (non-hydrogen) atoms. The molecule has 0 N–H and O–H groups in total. The van der Waals surface area contributed by atoms with Gasteiger partial charge in [-0.05, 0) is 49.2 Å². The van der Waals surface area contributed by atoms with Crippen molar-refractivity contribution >= 4 is 11.8 Å². The molecule has 8 heteroatoms. The van der Waals surface area contributed by atoms with Gasteiger partial charge in [-0.3, -0.25) is 14.7 Å². The highest BCUT2D eigenvalue weighted by Gasteiger charge is 2.23. The first kappa shape index (κ1) is 18.1. The third kappa shape index (κ3) is 4.08. The third-order valence-corrected chi connectivity index (χ3v) is 5.04. The molecule has 0 aliphatic heterocycles. The Bertz CT molecular complexity index is 927. The number of hydrogen-bond donors (Lipinski definition) is 0. The Balaban J connectivity index is 1.97. The van der Waals surface area contributed by atoms with Gasteiger partial charge in [-0.1, -0.05) is 36.0 Å². The first-order valence-electron chi connectivity index (χ1n) is 7.97. The standard InChI is InChI=1S/C18H17FN4O2S/c1-12-4-3-5-16(10-12)23-13(2)20-21-18(23)26-17(11-22(24)25)14-6-8-15(19)9-7-14/h3-10,17H,11H2,1-2H3/t17-/m1/s1. The molecule has 134 valence electrons. The minimum Gasteiger partial charge on any atom is -0.274 e. The summed E-state index contributed by atoms with van der Waals surface area (Å²) < 4.78 is 15.1. The summed E-state index contributed by atoms with van der Waals surface area (Å²) in [6.45, 7) is 3.53. The van der Waals surface area contributed by atoms with Crippen LogP contribution in [-0.2, 0) is 0 Å². The van der Waals surface area contributed by atoms with Crippen molar-refractivity contribution < 1.29 is 9.31 Å². The fraction of sp³-hybridized carbons (Fsp3) is 0.222. The van der Waals surface area contributed by atoms with E-state index in [0.717, 1.165) is 11.3 Å². The summed E-state index contributed by atoms with van der Waals surface area (Å²) in [5.74, 6) is 0.314. The van der Waals surface area contributed by atoms with E-state index in [1.165, 1.54) is 23.9 Å². The highest BCUT2D eigenvalue weighted by Crippen LogP contribution is 2.36. The molecule has 3 rings (SSSR count). The van der Waals surface area contributed by atoms with Crippen LogP contribution in [0.3, 0.4) is 0 Å².